The van der Waals surface area contributed by atoms with Crippen LogP contribution in [-0.4, -0.2) is 25.5 Å². The zero-order valence-electron chi connectivity index (χ0n) is 9.78. The molecule has 0 radical (unpaired) electrons. The lowest BCUT2D eigenvalue weighted by Crippen LogP contribution is -2.45. The van der Waals surface area contributed by atoms with Gasteiger partial charge in [0.1, 0.15) is 0 Å². The minimum Gasteiger partial charge on any atom is -0.315 e. The Morgan fingerprint density at radius 1 is 1.24 bits per heavy atom. The van der Waals surface area contributed by atoms with Gasteiger partial charge in [0.05, 0.1) is 11.6 Å². The van der Waals surface area contributed by atoms with Crippen molar-refractivity contribution in [1.29, 1.82) is 0 Å². The fourth-order valence-electron chi connectivity index (χ4n) is 3.67. The van der Waals surface area contributed by atoms with Crippen LogP contribution >= 0.6 is 0 Å². The van der Waals surface area contributed by atoms with Crippen molar-refractivity contribution < 1.29 is 4.79 Å². The van der Waals surface area contributed by atoms with Gasteiger partial charge in [-0.2, -0.15) is 0 Å². The molecule has 3 nitrogen and oxygen atoms in total. The molecule has 3 heteroatoms. The van der Waals surface area contributed by atoms with Crippen LogP contribution in [0.4, 0.5) is 5.69 Å². The topological polar surface area (TPSA) is 32.3 Å². The average Bonchev–Trinajstić information content (AvgIpc) is 2.85. The number of anilines is 1. The number of hydrogen-bond donors (Lipinski definition) is 1. The standard InChI is InChI=1S/C14H16N2O/c17-14-12-8-15-7-11(12)10-5-1-3-9-4-2-6-16(14)13(9)10/h1,3,5,11-12,15H,2,4,6-8H2/t11-,12+/m1/s1. The Bertz CT molecular complexity index is 497. The van der Waals surface area contributed by atoms with E-state index in [-0.39, 0.29) is 5.92 Å². The molecule has 0 spiro atoms. The highest BCUT2D eigenvalue weighted by Gasteiger charge is 2.44. The smallest absolute Gasteiger partial charge is 0.232 e. The summed E-state index contributed by atoms with van der Waals surface area (Å²) >= 11 is 0. The van der Waals surface area contributed by atoms with Crippen molar-refractivity contribution in [3.05, 3.63) is 29.3 Å². The normalized spacial score (nSPS) is 30.1. The maximum absolute atomic E-state index is 12.5. The van der Waals surface area contributed by atoms with Crippen molar-refractivity contribution in [1.82, 2.24) is 5.32 Å². The summed E-state index contributed by atoms with van der Waals surface area (Å²) in [6.07, 6.45) is 2.23. The van der Waals surface area contributed by atoms with Crippen LogP contribution in [-0.2, 0) is 11.2 Å². The van der Waals surface area contributed by atoms with Crippen LogP contribution in [0.15, 0.2) is 18.2 Å². The Kier molecular flexibility index (Phi) is 1.89. The van der Waals surface area contributed by atoms with E-state index < -0.39 is 0 Å². The molecule has 3 aliphatic heterocycles. The molecule has 1 fully saturated rings. The quantitative estimate of drug-likeness (QED) is 0.725. The van der Waals surface area contributed by atoms with Gasteiger partial charge in [-0.1, -0.05) is 18.2 Å². The molecule has 1 amide bonds. The fourth-order valence-corrected chi connectivity index (χ4v) is 3.67. The van der Waals surface area contributed by atoms with Gasteiger partial charge in [-0.25, -0.2) is 0 Å². The lowest BCUT2D eigenvalue weighted by Gasteiger charge is -2.40. The number of rotatable bonds is 0. The highest BCUT2D eigenvalue weighted by molar-refractivity contribution is 6.00. The predicted molar refractivity (Wildman–Crippen MR) is 66.2 cm³/mol. The molecule has 1 aromatic carbocycles. The monoisotopic (exact) mass is 228 g/mol. The van der Waals surface area contributed by atoms with Gasteiger partial charge < -0.3 is 10.2 Å². The second-order valence-corrected chi connectivity index (χ2v) is 5.32. The number of amides is 1. The summed E-state index contributed by atoms with van der Waals surface area (Å²) in [5.41, 5.74) is 4.01. The van der Waals surface area contributed by atoms with Gasteiger partial charge in [-0.3, -0.25) is 4.79 Å². The second kappa shape index (κ2) is 3.33. The summed E-state index contributed by atoms with van der Waals surface area (Å²) in [5.74, 6) is 0.933. The third kappa shape index (κ3) is 1.18. The van der Waals surface area contributed by atoms with E-state index >= 15 is 0 Å². The van der Waals surface area contributed by atoms with Crippen molar-refractivity contribution in [3.63, 3.8) is 0 Å². The van der Waals surface area contributed by atoms with Gasteiger partial charge in [0, 0.05) is 25.6 Å². The third-order valence-electron chi connectivity index (χ3n) is 4.45. The van der Waals surface area contributed by atoms with Gasteiger partial charge >= 0.3 is 0 Å². The van der Waals surface area contributed by atoms with Gasteiger partial charge in [-0.05, 0) is 24.0 Å². The van der Waals surface area contributed by atoms with Gasteiger partial charge in [0.15, 0.2) is 0 Å². The summed E-state index contributed by atoms with van der Waals surface area (Å²) in [6, 6.07) is 6.55. The summed E-state index contributed by atoms with van der Waals surface area (Å²) in [7, 11) is 0. The number of nitrogens with one attached hydrogen (secondary N) is 1. The first-order valence-electron chi connectivity index (χ1n) is 6.50. The first-order chi connectivity index (χ1) is 8.36. The van der Waals surface area contributed by atoms with E-state index in [0.29, 0.717) is 11.8 Å². The molecule has 0 bridgehead atoms. The van der Waals surface area contributed by atoms with Gasteiger partial charge in [0.25, 0.3) is 0 Å². The number of aryl methyl sites for hydroxylation is 1. The molecule has 88 valence electrons. The summed E-state index contributed by atoms with van der Waals surface area (Å²) in [6.45, 7) is 2.72. The molecule has 4 rings (SSSR count). The predicted octanol–water partition coefficient (Wildman–Crippen LogP) is 1.28. The molecule has 1 N–H and O–H groups in total. The van der Waals surface area contributed by atoms with Crippen LogP contribution in [0.25, 0.3) is 0 Å². The van der Waals surface area contributed by atoms with Crippen LogP contribution < -0.4 is 10.2 Å². The molecule has 0 unspecified atom stereocenters. The van der Waals surface area contributed by atoms with E-state index in [2.05, 4.69) is 23.5 Å². The Morgan fingerprint density at radius 3 is 3.06 bits per heavy atom. The maximum atomic E-state index is 12.5. The fraction of sp³-hybridized carbons (Fsp3) is 0.500. The molecule has 1 saturated heterocycles. The zero-order valence-corrected chi connectivity index (χ0v) is 9.78. The molecule has 0 aliphatic carbocycles. The largest absolute Gasteiger partial charge is 0.315 e. The summed E-state index contributed by atoms with van der Waals surface area (Å²) < 4.78 is 0. The average molecular weight is 228 g/mol. The van der Waals surface area contributed by atoms with E-state index in [9.17, 15) is 4.79 Å². The van der Waals surface area contributed by atoms with Crippen LogP contribution in [0, 0.1) is 5.92 Å². The van der Waals surface area contributed by atoms with Crippen molar-refractivity contribution >= 4 is 11.6 Å². The lowest BCUT2D eigenvalue weighted by molar-refractivity contribution is -0.122. The van der Waals surface area contributed by atoms with Crippen molar-refractivity contribution in [3.8, 4) is 0 Å². The summed E-state index contributed by atoms with van der Waals surface area (Å²) in [4.78, 5) is 14.5. The number of carbonyl (C=O) groups is 1. The molecular formula is C14H16N2O. The Labute approximate surface area is 101 Å². The highest BCUT2D eigenvalue weighted by Crippen LogP contribution is 2.44. The minimum atomic E-state index is 0.177. The molecule has 17 heavy (non-hydrogen) atoms. The van der Waals surface area contributed by atoms with Crippen LogP contribution in [0.5, 0.6) is 0 Å². The number of hydrogen-bond acceptors (Lipinski definition) is 2. The van der Waals surface area contributed by atoms with E-state index in [0.717, 1.165) is 32.5 Å². The van der Waals surface area contributed by atoms with E-state index in [4.69, 9.17) is 0 Å². The molecule has 0 saturated carbocycles. The van der Waals surface area contributed by atoms with Crippen LogP contribution in [0.2, 0.25) is 0 Å². The number of para-hydroxylation sites is 1. The third-order valence-corrected chi connectivity index (χ3v) is 4.45. The first-order valence-corrected chi connectivity index (χ1v) is 6.50. The molecule has 2 atom stereocenters. The zero-order chi connectivity index (χ0) is 11.4. The van der Waals surface area contributed by atoms with Crippen LogP contribution in [0.3, 0.4) is 0 Å². The molecule has 0 aromatic heterocycles. The molecule has 3 heterocycles. The number of nitrogens with zero attached hydrogens (tertiary/aromatic N) is 1. The lowest BCUT2D eigenvalue weighted by atomic mass is 9.80. The maximum Gasteiger partial charge on any atom is 0.232 e. The number of fused-ring (bicyclic) bond motifs is 2. The van der Waals surface area contributed by atoms with Gasteiger partial charge in [-0.15, -0.1) is 0 Å². The van der Waals surface area contributed by atoms with E-state index in [1.807, 2.05) is 4.90 Å². The molecular weight excluding hydrogens is 212 g/mol. The molecule has 3 aliphatic rings. The summed E-state index contributed by atoms with van der Waals surface area (Å²) in [5, 5.41) is 3.37. The number of carbonyl (C=O) groups excluding carboxylic acids is 1. The van der Waals surface area contributed by atoms with Crippen molar-refractivity contribution in [2.45, 2.75) is 18.8 Å². The van der Waals surface area contributed by atoms with E-state index in [1.165, 1.54) is 16.8 Å². The van der Waals surface area contributed by atoms with Crippen molar-refractivity contribution in [2.75, 3.05) is 24.5 Å². The Morgan fingerprint density at radius 2 is 2.12 bits per heavy atom. The highest BCUT2D eigenvalue weighted by atomic mass is 16.2. The second-order valence-electron chi connectivity index (χ2n) is 5.32. The molecule has 1 aromatic rings. The van der Waals surface area contributed by atoms with Crippen LogP contribution in [0.1, 0.15) is 23.5 Å². The number of benzene rings is 1. The Hall–Kier alpha value is -1.35. The Balaban J connectivity index is 1.96. The minimum absolute atomic E-state index is 0.177. The van der Waals surface area contributed by atoms with Gasteiger partial charge in [0.2, 0.25) is 5.91 Å². The van der Waals surface area contributed by atoms with Crippen molar-refractivity contribution in [2.24, 2.45) is 5.92 Å². The van der Waals surface area contributed by atoms with E-state index in [1.54, 1.807) is 0 Å². The first kappa shape index (κ1) is 9.66. The SMILES string of the molecule is O=C1[C@H]2CNC[C@@H]2c2cccc3c2N1CCC3.